The molecule has 0 aliphatic heterocycles. The van der Waals surface area contributed by atoms with Crippen molar-refractivity contribution in [3.63, 3.8) is 0 Å². The number of aromatic nitrogens is 2. The molecule has 0 unspecified atom stereocenters. The molecule has 5 N–H and O–H groups in total. The van der Waals surface area contributed by atoms with Crippen LogP contribution in [0.2, 0.25) is 10.0 Å². The number of rotatable bonds is 5. The Kier molecular flexibility index (Phi) is 8.20. The Morgan fingerprint density at radius 1 is 1.05 bits per heavy atom. The van der Waals surface area contributed by atoms with Gasteiger partial charge in [-0.15, -0.1) is 0 Å². The first-order chi connectivity index (χ1) is 17.2. The van der Waals surface area contributed by atoms with E-state index in [1.54, 1.807) is 48.5 Å². The van der Waals surface area contributed by atoms with Crippen molar-refractivity contribution in [2.75, 3.05) is 10.5 Å². The molecule has 0 radical (unpaired) electrons. The van der Waals surface area contributed by atoms with E-state index in [1.807, 2.05) is 0 Å². The lowest BCUT2D eigenvalue weighted by Gasteiger charge is -2.10. The maximum atomic E-state index is 14.8. The quantitative estimate of drug-likeness (QED) is 0.220. The third kappa shape index (κ3) is 7.02. The summed E-state index contributed by atoms with van der Waals surface area (Å²) in [5.41, 5.74) is 7.69. The molecule has 4 rings (SSSR count). The minimum atomic E-state index is -5.08. The summed E-state index contributed by atoms with van der Waals surface area (Å²) >= 11 is 11.8. The summed E-state index contributed by atoms with van der Waals surface area (Å²) in [6.07, 6.45) is -5.08. The van der Waals surface area contributed by atoms with Crippen molar-refractivity contribution in [3.8, 4) is 11.1 Å². The molecule has 3 aromatic carbocycles. The van der Waals surface area contributed by atoms with Crippen LogP contribution in [0.15, 0.2) is 54.6 Å². The van der Waals surface area contributed by atoms with E-state index >= 15 is 0 Å². The Morgan fingerprint density at radius 3 is 2.24 bits per heavy atom. The number of aliphatic carboxylic acids is 1. The largest absolute Gasteiger partial charge is 0.490 e. The van der Waals surface area contributed by atoms with E-state index in [4.69, 9.17) is 38.8 Å². The first-order valence-corrected chi connectivity index (χ1v) is 12.4. The minimum absolute atomic E-state index is 0.219. The number of aromatic amines is 1. The molecule has 0 bridgehead atoms. The number of carboxylic acids is 1. The lowest BCUT2D eigenvalue weighted by atomic mass is 10.0. The van der Waals surface area contributed by atoms with Crippen LogP contribution in [0.25, 0.3) is 22.0 Å². The Balaban J connectivity index is 0.000000479. The lowest BCUT2D eigenvalue weighted by Crippen LogP contribution is -2.21. The highest BCUT2D eigenvalue weighted by atomic mass is 35.5. The van der Waals surface area contributed by atoms with E-state index in [9.17, 15) is 26.0 Å². The number of H-pyrrole nitrogens is 1. The van der Waals surface area contributed by atoms with Crippen LogP contribution >= 0.6 is 23.2 Å². The van der Waals surface area contributed by atoms with Gasteiger partial charge in [0.1, 0.15) is 5.52 Å². The second-order valence-corrected chi connectivity index (χ2v) is 9.99. The van der Waals surface area contributed by atoms with Crippen LogP contribution in [-0.2, 0) is 20.6 Å². The summed E-state index contributed by atoms with van der Waals surface area (Å²) in [5.74, 6) is -3.28. The number of nitrogens with one attached hydrogen (secondary N) is 2. The van der Waals surface area contributed by atoms with Crippen LogP contribution in [0.1, 0.15) is 5.56 Å². The zero-order valence-electron chi connectivity index (χ0n) is 18.3. The van der Waals surface area contributed by atoms with Gasteiger partial charge in [-0.1, -0.05) is 47.5 Å². The van der Waals surface area contributed by atoms with E-state index in [1.165, 1.54) is 6.07 Å². The SMILES string of the molecule is Nc1n[nH]c2c(F)c(-c3ccc(NS(=O)(=O)Cc4ccc(Cl)c(Cl)c4)cc3)ccc12.O=C(O)C(F)(F)F. The molecule has 15 heteroatoms. The van der Waals surface area contributed by atoms with Gasteiger partial charge in [0.05, 0.1) is 15.8 Å². The smallest absolute Gasteiger partial charge is 0.475 e. The summed E-state index contributed by atoms with van der Waals surface area (Å²) in [6.45, 7) is 0. The molecule has 0 aliphatic carbocycles. The predicted octanol–water partition coefficient (Wildman–Crippen LogP) is 5.83. The van der Waals surface area contributed by atoms with E-state index in [0.29, 0.717) is 32.8 Å². The van der Waals surface area contributed by atoms with Gasteiger partial charge in [0.25, 0.3) is 0 Å². The lowest BCUT2D eigenvalue weighted by molar-refractivity contribution is -0.192. The van der Waals surface area contributed by atoms with Gasteiger partial charge in [-0.25, -0.2) is 17.6 Å². The number of carbonyl (C=O) groups is 1. The Morgan fingerprint density at radius 2 is 1.68 bits per heavy atom. The highest BCUT2D eigenvalue weighted by Crippen LogP contribution is 2.31. The highest BCUT2D eigenvalue weighted by molar-refractivity contribution is 7.91. The van der Waals surface area contributed by atoms with Crippen LogP contribution in [0.3, 0.4) is 0 Å². The fraction of sp³-hybridized carbons (Fsp3) is 0.0909. The molecule has 0 saturated heterocycles. The number of sulfonamides is 1. The third-order valence-electron chi connectivity index (χ3n) is 4.76. The number of alkyl halides is 3. The molecule has 0 saturated carbocycles. The van der Waals surface area contributed by atoms with Crippen molar-refractivity contribution in [2.45, 2.75) is 11.9 Å². The van der Waals surface area contributed by atoms with Gasteiger partial charge in [-0.2, -0.15) is 18.3 Å². The normalized spacial score (nSPS) is 11.6. The number of carboxylic acid groups (broad SMARTS) is 1. The summed E-state index contributed by atoms with van der Waals surface area (Å²) in [6, 6.07) is 14.3. The topological polar surface area (TPSA) is 138 Å². The number of benzene rings is 3. The summed E-state index contributed by atoms with van der Waals surface area (Å²) < 4.78 is 73.9. The maximum absolute atomic E-state index is 14.8. The number of anilines is 2. The summed E-state index contributed by atoms with van der Waals surface area (Å²) in [5, 5.41) is 14.7. The number of hydrogen-bond donors (Lipinski definition) is 4. The molecule has 0 aliphatic rings. The number of fused-ring (bicyclic) bond motifs is 1. The molecule has 1 heterocycles. The Labute approximate surface area is 217 Å². The Hall–Kier alpha value is -3.55. The molecular formula is C22H16Cl2F4N4O4S. The molecule has 0 amide bonds. The molecular weight excluding hydrogens is 563 g/mol. The van der Waals surface area contributed by atoms with E-state index in [0.717, 1.165) is 0 Å². The average molecular weight is 579 g/mol. The zero-order valence-corrected chi connectivity index (χ0v) is 20.6. The molecule has 0 fully saturated rings. The molecule has 0 spiro atoms. The van der Waals surface area contributed by atoms with Crippen molar-refractivity contribution in [3.05, 3.63) is 76.0 Å². The number of nitrogens with two attached hydrogens (primary N) is 1. The predicted molar refractivity (Wildman–Crippen MR) is 132 cm³/mol. The Bertz CT molecular complexity index is 1560. The van der Waals surface area contributed by atoms with Gasteiger partial charge in [0, 0.05) is 16.6 Å². The van der Waals surface area contributed by atoms with Gasteiger partial charge in [-0.3, -0.25) is 9.82 Å². The fourth-order valence-electron chi connectivity index (χ4n) is 3.08. The van der Waals surface area contributed by atoms with Crippen LogP contribution < -0.4 is 10.5 Å². The minimum Gasteiger partial charge on any atom is -0.475 e. The number of halogens is 6. The van der Waals surface area contributed by atoms with E-state index in [2.05, 4.69) is 14.9 Å². The standard InChI is InChI=1S/C20H15Cl2FN4O2S.C2HF3O2/c21-16-8-1-11(9-17(16)22)10-30(28,29)27-13-4-2-12(3-5-13)14-6-7-15-19(18(14)23)25-26-20(15)24;3-2(4,5)1(6)7/h1-9,27H,10H2,(H3,24,25,26);(H,6,7). The van der Waals surface area contributed by atoms with Crippen LogP contribution in [0.5, 0.6) is 0 Å². The molecule has 37 heavy (non-hydrogen) atoms. The van der Waals surface area contributed by atoms with Gasteiger partial charge >= 0.3 is 12.1 Å². The summed E-state index contributed by atoms with van der Waals surface area (Å²) in [7, 11) is -3.68. The van der Waals surface area contributed by atoms with Crippen molar-refractivity contribution < 1.29 is 35.9 Å². The molecule has 4 aromatic rings. The average Bonchev–Trinajstić information content (AvgIpc) is 3.18. The number of nitrogen functional groups attached to an aromatic ring is 1. The molecule has 8 nitrogen and oxygen atoms in total. The molecule has 196 valence electrons. The van der Waals surface area contributed by atoms with Crippen LogP contribution in [-0.4, -0.2) is 35.9 Å². The van der Waals surface area contributed by atoms with Crippen molar-refractivity contribution in [1.82, 2.24) is 10.2 Å². The number of nitrogens with zero attached hydrogens (tertiary/aromatic N) is 1. The van der Waals surface area contributed by atoms with Crippen LogP contribution in [0, 0.1) is 5.82 Å². The fourth-order valence-corrected chi connectivity index (χ4v) is 4.59. The van der Waals surface area contributed by atoms with Crippen molar-refractivity contribution in [1.29, 1.82) is 0 Å². The first-order valence-electron chi connectivity index (χ1n) is 9.95. The van der Waals surface area contributed by atoms with Crippen molar-refractivity contribution in [2.24, 2.45) is 0 Å². The van der Waals surface area contributed by atoms with E-state index < -0.39 is 28.0 Å². The van der Waals surface area contributed by atoms with Gasteiger partial charge in [0.2, 0.25) is 10.0 Å². The van der Waals surface area contributed by atoms with Gasteiger partial charge in [0.15, 0.2) is 11.6 Å². The van der Waals surface area contributed by atoms with Crippen LogP contribution in [0.4, 0.5) is 29.1 Å². The third-order valence-corrected chi connectivity index (χ3v) is 6.76. The monoisotopic (exact) mass is 578 g/mol. The number of hydrogen-bond acceptors (Lipinski definition) is 5. The molecule has 1 aromatic heterocycles. The second kappa shape index (κ2) is 10.8. The van der Waals surface area contributed by atoms with Crippen molar-refractivity contribution >= 4 is 61.6 Å². The van der Waals surface area contributed by atoms with Gasteiger partial charge in [-0.05, 0) is 41.5 Å². The highest BCUT2D eigenvalue weighted by Gasteiger charge is 2.38. The van der Waals surface area contributed by atoms with E-state index in [-0.39, 0.29) is 22.1 Å². The first kappa shape index (κ1) is 28.0. The second-order valence-electron chi connectivity index (χ2n) is 7.45. The zero-order chi connectivity index (χ0) is 27.5. The molecule has 0 atom stereocenters. The maximum Gasteiger partial charge on any atom is 0.490 e. The van der Waals surface area contributed by atoms with Gasteiger partial charge < -0.3 is 10.8 Å². The summed E-state index contributed by atoms with van der Waals surface area (Å²) in [4.78, 5) is 8.90.